The molecule has 2 heterocycles. The lowest BCUT2D eigenvalue weighted by Crippen LogP contribution is -1.93. The number of allylic oxidation sites excluding steroid dienone is 1. The van der Waals surface area contributed by atoms with Crippen molar-refractivity contribution in [2.75, 3.05) is 0 Å². The van der Waals surface area contributed by atoms with Crippen molar-refractivity contribution in [1.82, 2.24) is 4.98 Å². The van der Waals surface area contributed by atoms with Gasteiger partial charge in [-0.15, -0.1) is 0 Å². The second kappa shape index (κ2) is 6.37. The predicted molar refractivity (Wildman–Crippen MR) is 87.4 cm³/mol. The molecular weight excluding hydrogens is 293 g/mol. The van der Waals surface area contributed by atoms with Gasteiger partial charge in [0, 0.05) is 11.1 Å². The zero-order valence-electron chi connectivity index (χ0n) is 12.5. The first-order chi connectivity index (χ1) is 11.2. The smallest absolute Gasteiger partial charge is 0.228 e. The summed E-state index contributed by atoms with van der Waals surface area (Å²) < 4.78 is 19.3. The van der Waals surface area contributed by atoms with Crippen molar-refractivity contribution in [3.63, 3.8) is 0 Å². The van der Waals surface area contributed by atoms with E-state index in [1.165, 1.54) is 0 Å². The van der Waals surface area contributed by atoms with E-state index >= 15 is 0 Å². The summed E-state index contributed by atoms with van der Waals surface area (Å²) in [6.07, 6.45) is 3.96. The van der Waals surface area contributed by atoms with E-state index in [2.05, 4.69) is 16.8 Å². The first-order valence-electron chi connectivity index (χ1n) is 7.22. The molecule has 0 saturated heterocycles. The summed E-state index contributed by atoms with van der Waals surface area (Å²) in [5.74, 6) is 5.73. The third-order valence-electron chi connectivity index (χ3n) is 3.33. The number of furan rings is 1. The van der Waals surface area contributed by atoms with Crippen molar-refractivity contribution in [3.05, 3.63) is 65.4 Å². The van der Waals surface area contributed by atoms with Gasteiger partial charge in [0.05, 0.1) is 5.56 Å². The standard InChI is InChI=1S/C19H14FNO2/c1-2-15-8-7-13(19(20)21-15)5-3-4-6-17-12-14-11-16(22)9-10-18(14)23-17/h4,6-12,22H,2H2,1H3/b6-4+. The minimum atomic E-state index is -0.551. The van der Waals surface area contributed by atoms with Gasteiger partial charge < -0.3 is 9.52 Å². The van der Waals surface area contributed by atoms with E-state index in [1.54, 1.807) is 48.6 Å². The Hall–Kier alpha value is -3.06. The van der Waals surface area contributed by atoms with Gasteiger partial charge in [-0.3, -0.25) is 0 Å². The number of pyridine rings is 1. The van der Waals surface area contributed by atoms with Crippen molar-refractivity contribution in [3.8, 4) is 17.6 Å². The Morgan fingerprint density at radius 2 is 2.13 bits per heavy atom. The Kier molecular flexibility index (Phi) is 4.11. The highest BCUT2D eigenvalue weighted by Crippen LogP contribution is 2.24. The van der Waals surface area contributed by atoms with Crippen molar-refractivity contribution in [1.29, 1.82) is 0 Å². The number of nitrogens with zero attached hydrogens (tertiary/aromatic N) is 1. The van der Waals surface area contributed by atoms with Gasteiger partial charge in [-0.25, -0.2) is 4.98 Å². The number of aromatic nitrogens is 1. The Balaban J connectivity index is 1.78. The summed E-state index contributed by atoms with van der Waals surface area (Å²) in [4.78, 5) is 3.83. The van der Waals surface area contributed by atoms with Crippen molar-refractivity contribution >= 4 is 17.0 Å². The fourth-order valence-electron chi connectivity index (χ4n) is 2.14. The maximum Gasteiger partial charge on any atom is 0.228 e. The summed E-state index contributed by atoms with van der Waals surface area (Å²) >= 11 is 0. The average Bonchev–Trinajstić information content (AvgIpc) is 2.94. The van der Waals surface area contributed by atoms with Crippen molar-refractivity contribution < 1.29 is 13.9 Å². The van der Waals surface area contributed by atoms with Crippen LogP contribution in [0.15, 0.2) is 46.9 Å². The molecule has 0 aliphatic carbocycles. The molecule has 0 aliphatic rings. The molecule has 0 atom stereocenters. The maximum absolute atomic E-state index is 13.7. The Morgan fingerprint density at radius 3 is 2.91 bits per heavy atom. The van der Waals surface area contributed by atoms with Gasteiger partial charge in [-0.2, -0.15) is 4.39 Å². The highest BCUT2D eigenvalue weighted by Gasteiger charge is 2.02. The number of aromatic hydroxyl groups is 1. The second-order valence-electron chi connectivity index (χ2n) is 4.97. The number of hydrogen-bond acceptors (Lipinski definition) is 3. The normalized spacial score (nSPS) is 10.9. The van der Waals surface area contributed by atoms with Gasteiger partial charge in [-0.1, -0.05) is 18.8 Å². The SMILES string of the molecule is CCc1ccc(C#C/C=C/c2cc3cc(O)ccc3o2)c(F)n1. The van der Waals surface area contributed by atoms with Crippen molar-refractivity contribution in [2.24, 2.45) is 0 Å². The molecule has 3 rings (SSSR count). The molecule has 1 aromatic carbocycles. The molecule has 2 aromatic heterocycles. The molecule has 0 bridgehead atoms. The Bertz CT molecular complexity index is 945. The van der Waals surface area contributed by atoms with Crippen LogP contribution in [0.4, 0.5) is 4.39 Å². The number of benzene rings is 1. The van der Waals surface area contributed by atoms with E-state index in [9.17, 15) is 9.50 Å². The minimum absolute atomic E-state index is 0.187. The van der Waals surface area contributed by atoms with Gasteiger partial charge in [0.1, 0.15) is 17.1 Å². The predicted octanol–water partition coefficient (Wildman–Crippen LogP) is 4.30. The van der Waals surface area contributed by atoms with Gasteiger partial charge >= 0.3 is 0 Å². The van der Waals surface area contributed by atoms with Crippen LogP contribution in [0.25, 0.3) is 17.0 Å². The summed E-state index contributed by atoms with van der Waals surface area (Å²) in [6, 6.07) is 10.1. The molecule has 0 radical (unpaired) electrons. The topological polar surface area (TPSA) is 46.3 Å². The Labute approximate surface area is 133 Å². The van der Waals surface area contributed by atoms with Gasteiger partial charge in [0.25, 0.3) is 0 Å². The highest BCUT2D eigenvalue weighted by atomic mass is 19.1. The highest BCUT2D eigenvalue weighted by molar-refractivity contribution is 5.81. The average molecular weight is 307 g/mol. The summed E-state index contributed by atoms with van der Waals surface area (Å²) in [5, 5.41) is 10.2. The second-order valence-corrected chi connectivity index (χ2v) is 4.97. The number of aryl methyl sites for hydroxylation is 1. The van der Waals surface area contributed by atoms with Crippen LogP contribution in [0.3, 0.4) is 0 Å². The fraction of sp³-hybridized carbons (Fsp3) is 0.105. The molecule has 0 unspecified atom stereocenters. The molecule has 0 aliphatic heterocycles. The first kappa shape index (κ1) is 14.9. The molecule has 4 heteroatoms. The van der Waals surface area contributed by atoms with E-state index in [1.807, 2.05) is 6.92 Å². The van der Waals surface area contributed by atoms with Gasteiger partial charge in [0.2, 0.25) is 5.95 Å². The van der Waals surface area contributed by atoms with E-state index < -0.39 is 5.95 Å². The molecule has 3 aromatic rings. The zero-order valence-corrected chi connectivity index (χ0v) is 12.5. The van der Waals surface area contributed by atoms with Crippen LogP contribution < -0.4 is 0 Å². The molecule has 23 heavy (non-hydrogen) atoms. The molecule has 1 N–H and O–H groups in total. The number of halogens is 1. The largest absolute Gasteiger partial charge is 0.508 e. The number of rotatable bonds is 2. The third kappa shape index (κ3) is 3.41. The van der Waals surface area contributed by atoms with E-state index in [0.29, 0.717) is 23.5 Å². The van der Waals surface area contributed by atoms with Crippen LogP contribution in [0.2, 0.25) is 0 Å². The van der Waals surface area contributed by atoms with Crippen LogP contribution >= 0.6 is 0 Å². The van der Waals surface area contributed by atoms with Gasteiger partial charge in [0.15, 0.2) is 0 Å². The molecule has 0 saturated carbocycles. The van der Waals surface area contributed by atoms with E-state index in [4.69, 9.17) is 4.42 Å². The summed E-state index contributed by atoms with van der Waals surface area (Å²) in [7, 11) is 0. The fourth-order valence-corrected chi connectivity index (χ4v) is 2.14. The molecule has 0 spiro atoms. The van der Waals surface area contributed by atoms with Gasteiger partial charge in [-0.05, 0) is 55.0 Å². The lowest BCUT2D eigenvalue weighted by Gasteiger charge is -1.96. The maximum atomic E-state index is 13.7. The monoisotopic (exact) mass is 307 g/mol. The molecule has 3 nitrogen and oxygen atoms in total. The number of phenolic OH excluding ortho intramolecular Hbond substituents is 1. The number of fused-ring (bicyclic) bond motifs is 1. The zero-order chi connectivity index (χ0) is 16.2. The van der Waals surface area contributed by atoms with Crippen LogP contribution in [0.5, 0.6) is 5.75 Å². The molecule has 0 fully saturated rings. The van der Waals surface area contributed by atoms with Crippen LogP contribution in [0.1, 0.15) is 23.9 Å². The number of hydrogen-bond donors (Lipinski definition) is 1. The Morgan fingerprint density at radius 1 is 1.26 bits per heavy atom. The third-order valence-corrected chi connectivity index (χ3v) is 3.33. The van der Waals surface area contributed by atoms with Crippen molar-refractivity contribution in [2.45, 2.75) is 13.3 Å². The van der Waals surface area contributed by atoms with Crippen LogP contribution in [0, 0.1) is 17.8 Å². The van der Waals surface area contributed by atoms with Crippen LogP contribution in [-0.4, -0.2) is 10.1 Å². The lowest BCUT2D eigenvalue weighted by atomic mass is 10.2. The molecule has 0 amide bonds. The quantitative estimate of drug-likeness (QED) is 0.567. The minimum Gasteiger partial charge on any atom is -0.508 e. The van der Waals surface area contributed by atoms with E-state index in [-0.39, 0.29) is 11.3 Å². The van der Waals surface area contributed by atoms with E-state index in [0.717, 1.165) is 5.39 Å². The summed E-state index contributed by atoms with van der Waals surface area (Å²) in [5.41, 5.74) is 1.65. The lowest BCUT2D eigenvalue weighted by molar-refractivity contribution is 0.476. The summed E-state index contributed by atoms with van der Waals surface area (Å²) in [6.45, 7) is 1.92. The number of phenols is 1. The molecule has 114 valence electrons. The first-order valence-corrected chi connectivity index (χ1v) is 7.22. The van der Waals surface area contributed by atoms with Crippen LogP contribution in [-0.2, 0) is 6.42 Å². The molecular formula is C19H14FNO2.